The van der Waals surface area contributed by atoms with Gasteiger partial charge in [-0.1, -0.05) is 75.0 Å². The average molecular weight is 475 g/mol. The van der Waals surface area contributed by atoms with E-state index in [9.17, 15) is 14.7 Å². The summed E-state index contributed by atoms with van der Waals surface area (Å²) < 4.78 is 5.58. The topological polar surface area (TPSA) is 70.1 Å². The highest BCUT2D eigenvalue weighted by Gasteiger charge is 2.42. The fourth-order valence-corrected chi connectivity index (χ4v) is 4.21. The third kappa shape index (κ3) is 6.49. The fraction of sp³-hybridized carbons (Fsp3) is 0.310. The van der Waals surface area contributed by atoms with Crippen molar-refractivity contribution in [3.8, 4) is 5.75 Å². The van der Waals surface area contributed by atoms with Crippen LogP contribution in [0.1, 0.15) is 37.4 Å². The lowest BCUT2D eigenvalue weighted by molar-refractivity contribution is -0.129. The van der Waals surface area contributed by atoms with Crippen LogP contribution in [0.15, 0.2) is 84.7 Å². The number of ketones is 1. The Morgan fingerprint density at radius 2 is 1.80 bits per heavy atom. The van der Waals surface area contributed by atoms with Gasteiger partial charge in [-0.2, -0.15) is 0 Å². The first kappa shape index (κ1) is 26.0. The van der Waals surface area contributed by atoms with Crippen LogP contribution < -0.4 is 4.74 Å². The van der Waals surface area contributed by atoms with Gasteiger partial charge in [0.15, 0.2) is 11.5 Å². The molecule has 1 aliphatic rings. The van der Waals surface area contributed by atoms with Crippen LogP contribution in [-0.2, 0) is 9.59 Å². The van der Waals surface area contributed by atoms with Crippen LogP contribution in [0.3, 0.4) is 0 Å². The third-order valence-electron chi connectivity index (χ3n) is 6.13. The van der Waals surface area contributed by atoms with Crippen LogP contribution in [0.4, 0.5) is 0 Å². The van der Waals surface area contributed by atoms with Crippen LogP contribution >= 0.6 is 0 Å². The number of allylic oxidation sites excluding steroid dienone is 1. The molecule has 1 unspecified atom stereocenters. The van der Waals surface area contributed by atoms with Gasteiger partial charge in [-0.3, -0.25) is 9.59 Å². The van der Waals surface area contributed by atoms with Crippen molar-refractivity contribution in [2.45, 2.75) is 26.3 Å². The Kier molecular flexibility index (Phi) is 9.44. The van der Waals surface area contributed by atoms with Crippen molar-refractivity contribution in [2.75, 3.05) is 32.8 Å². The Morgan fingerprint density at radius 1 is 1.11 bits per heavy atom. The van der Waals surface area contributed by atoms with E-state index in [-0.39, 0.29) is 11.4 Å². The molecule has 3 rings (SSSR count). The molecule has 0 saturated heterocycles. The summed E-state index contributed by atoms with van der Waals surface area (Å²) >= 11 is 0. The number of carbonyl (C=O) groups is 2. The minimum absolute atomic E-state index is 0.102. The van der Waals surface area contributed by atoms with E-state index < -0.39 is 17.7 Å². The number of carbonyl (C=O) groups excluding carboxylic acids is 2. The predicted molar refractivity (Wildman–Crippen MR) is 139 cm³/mol. The molecule has 35 heavy (non-hydrogen) atoms. The summed E-state index contributed by atoms with van der Waals surface area (Å²) in [5.74, 6) is -0.718. The number of nitrogens with zero attached hydrogens (tertiary/aromatic N) is 2. The Labute approximate surface area is 207 Å². The van der Waals surface area contributed by atoms with Crippen molar-refractivity contribution in [2.24, 2.45) is 0 Å². The van der Waals surface area contributed by atoms with Gasteiger partial charge in [0.05, 0.1) is 11.6 Å². The lowest BCUT2D eigenvalue weighted by Gasteiger charge is -2.28. The van der Waals surface area contributed by atoms with E-state index in [4.69, 9.17) is 4.74 Å². The summed E-state index contributed by atoms with van der Waals surface area (Å²) in [6, 6.07) is 16.0. The lowest BCUT2D eigenvalue weighted by atomic mass is 9.95. The normalized spacial score (nSPS) is 15.9. The number of hydrogen-bond donors (Lipinski definition) is 1. The molecular weight excluding hydrogens is 440 g/mol. The van der Waals surface area contributed by atoms with Crippen molar-refractivity contribution >= 4 is 17.8 Å². The molecule has 0 radical (unpaired) electrons. The summed E-state index contributed by atoms with van der Waals surface area (Å²) in [5, 5.41) is 10.8. The second-order valence-electron chi connectivity index (χ2n) is 8.32. The molecule has 6 heteroatoms. The number of benzene rings is 2. The molecule has 0 fully saturated rings. The molecule has 1 heterocycles. The molecule has 1 N–H and O–H groups in total. The number of aliphatic hydroxyl groups excluding tert-OH is 1. The number of aliphatic hydroxyl groups is 1. The van der Waals surface area contributed by atoms with Gasteiger partial charge in [0, 0.05) is 6.54 Å². The first-order chi connectivity index (χ1) is 17.0. The van der Waals surface area contributed by atoms with Gasteiger partial charge in [-0.15, -0.1) is 0 Å². The quantitative estimate of drug-likeness (QED) is 0.328. The van der Waals surface area contributed by atoms with Gasteiger partial charge in [0.1, 0.15) is 12.4 Å². The molecule has 0 aromatic heterocycles. The second-order valence-corrected chi connectivity index (χ2v) is 8.32. The van der Waals surface area contributed by atoms with Crippen LogP contribution in [0.2, 0.25) is 0 Å². The molecule has 2 aromatic rings. The summed E-state index contributed by atoms with van der Waals surface area (Å²) in [4.78, 5) is 30.2. The molecule has 1 atom stereocenters. The molecule has 1 amide bonds. The largest absolute Gasteiger partial charge is 0.503 e. The molecule has 0 aliphatic carbocycles. The SMILES string of the molecule is C=CCOc1ccc(C2C(C(=O)C=Cc3ccccc3)=C(O)C(=O)N2CCCN(CC)CC)cc1. The second kappa shape index (κ2) is 12.7. The van der Waals surface area contributed by atoms with Crippen LogP contribution in [0.25, 0.3) is 6.08 Å². The standard InChI is InChI=1S/C29H34N2O4/c1-4-21-35-24-16-14-23(15-17-24)27-26(25(32)18-13-22-11-8-7-9-12-22)28(33)29(34)31(27)20-10-19-30(5-2)6-3/h4,7-9,11-18,27,33H,1,5-6,10,19-21H2,2-3H3. The zero-order valence-electron chi connectivity index (χ0n) is 20.5. The summed E-state index contributed by atoms with van der Waals surface area (Å²) in [6.07, 6.45) is 5.51. The van der Waals surface area contributed by atoms with Gasteiger partial charge in [0.25, 0.3) is 5.91 Å². The highest BCUT2D eigenvalue weighted by atomic mass is 16.5. The Bertz CT molecular complexity index is 1070. The highest BCUT2D eigenvalue weighted by molar-refractivity contribution is 6.14. The summed E-state index contributed by atoms with van der Waals surface area (Å²) in [6.45, 7) is 11.4. The smallest absolute Gasteiger partial charge is 0.290 e. The molecule has 0 saturated carbocycles. The maximum atomic E-state index is 13.3. The lowest BCUT2D eigenvalue weighted by Crippen LogP contribution is -2.34. The number of hydrogen-bond acceptors (Lipinski definition) is 5. The van der Waals surface area contributed by atoms with Crippen LogP contribution in [-0.4, -0.2) is 59.4 Å². The molecule has 0 spiro atoms. The van der Waals surface area contributed by atoms with E-state index in [1.54, 1.807) is 29.2 Å². The van der Waals surface area contributed by atoms with E-state index in [0.717, 1.165) is 37.2 Å². The first-order valence-electron chi connectivity index (χ1n) is 12.1. The van der Waals surface area contributed by atoms with Gasteiger partial charge < -0.3 is 19.6 Å². The molecule has 0 bridgehead atoms. The first-order valence-corrected chi connectivity index (χ1v) is 12.1. The van der Waals surface area contributed by atoms with Crippen LogP contribution in [0.5, 0.6) is 5.75 Å². The predicted octanol–water partition coefficient (Wildman–Crippen LogP) is 4.96. The van der Waals surface area contributed by atoms with E-state index >= 15 is 0 Å². The molecule has 6 nitrogen and oxygen atoms in total. The van der Waals surface area contributed by atoms with E-state index in [1.165, 1.54) is 6.08 Å². The fourth-order valence-electron chi connectivity index (χ4n) is 4.21. The van der Waals surface area contributed by atoms with Crippen molar-refractivity contribution in [3.05, 3.63) is 95.8 Å². The number of ether oxygens (including phenoxy) is 1. The van der Waals surface area contributed by atoms with Crippen LogP contribution in [0, 0.1) is 0 Å². The Balaban J connectivity index is 1.89. The third-order valence-corrected chi connectivity index (χ3v) is 6.13. The van der Waals surface area contributed by atoms with E-state index in [0.29, 0.717) is 18.9 Å². The number of rotatable bonds is 13. The Hall–Kier alpha value is -3.64. The minimum atomic E-state index is -0.666. The molecule has 1 aliphatic heterocycles. The summed E-state index contributed by atoms with van der Waals surface area (Å²) in [7, 11) is 0. The summed E-state index contributed by atoms with van der Waals surface area (Å²) in [5.41, 5.74) is 1.71. The molecule has 184 valence electrons. The molecular formula is C29H34N2O4. The van der Waals surface area contributed by atoms with Crippen molar-refractivity contribution < 1.29 is 19.4 Å². The zero-order valence-corrected chi connectivity index (χ0v) is 20.5. The average Bonchev–Trinajstić information content (AvgIpc) is 3.14. The van der Waals surface area contributed by atoms with E-state index in [2.05, 4.69) is 25.3 Å². The number of amides is 1. The van der Waals surface area contributed by atoms with Gasteiger partial charge in [-0.05, 0) is 55.4 Å². The minimum Gasteiger partial charge on any atom is -0.503 e. The van der Waals surface area contributed by atoms with E-state index in [1.807, 2.05) is 42.5 Å². The van der Waals surface area contributed by atoms with Crippen molar-refractivity contribution in [1.29, 1.82) is 0 Å². The van der Waals surface area contributed by atoms with Gasteiger partial charge in [-0.25, -0.2) is 0 Å². The molecule has 2 aromatic carbocycles. The van der Waals surface area contributed by atoms with Crippen molar-refractivity contribution in [1.82, 2.24) is 9.80 Å². The van der Waals surface area contributed by atoms with Crippen molar-refractivity contribution in [3.63, 3.8) is 0 Å². The maximum absolute atomic E-state index is 13.3. The monoisotopic (exact) mass is 474 g/mol. The van der Waals surface area contributed by atoms with Gasteiger partial charge in [0.2, 0.25) is 0 Å². The highest BCUT2D eigenvalue weighted by Crippen LogP contribution is 2.38. The van der Waals surface area contributed by atoms with Gasteiger partial charge >= 0.3 is 0 Å². The Morgan fingerprint density at radius 3 is 2.43 bits per heavy atom. The zero-order chi connectivity index (χ0) is 25.2. The maximum Gasteiger partial charge on any atom is 0.290 e.